The molecule has 4 heteroatoms. The highest BCUT2D eigenvalue weighted by Crippen LogP contribution is 2.33. The number of aldehydes is 1. The van der Waals surface area contributed by atoms with E-state index in [1.54, 1.807) is 19.9 Å². The van der Waals surface area contributed by atoms with E-state index >= 15 is 0 Å². The van der Waals surface area contributed by atoms with Gasteiger partial charge in [0.25, 0.3) is 0 Å². The molecule has 1 aromatic carbocycles. The molecular weight excluding hydrogens is 208 g/mol. The Hall–Kier alpha value is -1.55. The van der Waals surface area contributed by atoms with Gasteiger partial charge in [-0.15, -0.1) is 0 Å². The van der Waals surface area contributed by atoms with Crippen LogP contribution in [0.5, 0.6) is 11.5 Å². The second-order valence-corrected chi connectivity index (χ2v) is 3.80. The van der Waals surface area contributed by atoms with Gasteiger partial charge < -0.3 is 14.9 Å². The lowest BCUT2D eigenvalue weighted by Gasteiger charge is -2.14. The number of benzene rings is 1. The minimum Gasteiger partial charge on any atom is -0.507 e. The number of hydrogen-bond donors (Lipinski definition) is 2. The normalized spacial score (nSPS) is 12.2. The van der Waals surface area contributed by atoms with Crippen molar-refractivity contribution in [2.75, 3.05) is 7.11 Å². The summed E-state index contributed by atoms with van der Waals surface area (Å²) in [5.74, 6) is 0.434. The molecule has 1 unspecified atom stereocenters. The lowest BCUT2D eigenvalue weighted by atomic mass is 9.98. The van der Waals surface area contributed by atoms with Crippen molar-refractivity contribution in [1.82, 2.24) is 0 Å². The van der Waals surface area contributed by atoms with E-state index in [1.165, 1.54) is 7.11 Å². The summed E-state index contributed by atoms with van der Waals surface area (Å²) in [5.41, 5.74) is 1.34. The minimum atomic E-state index is -0.578. The van der Waals surface area contributed by atoms with E-state index in [2.05, 4.69) is 0 Å². The monoisotopic (exact) mass is 224 g/mol. The summed E-state index contributed by atoms with van der Waals surface area (Å²) in [4.78, 5) is 10.9. The fourth-order valence-electron chi connectivity index (χ4n) is 1.65. The molecule has 0 fully saturated rings. The summed E-state index contributed by atoms with van der Waals surface area (Å²) in [6.45, 7) is 3.30. The Balaban J connectivity index is 3.34. The van der Waals surface area contributed by atoms with Gasteiger partial charge in [0.2, 0.25) is 0 Å². The zero-order chi connectivity index (χ0) is 12.3. The average molecular weight is 224 g/mol. The summed E-state index contributed by atoms with van der Waals surface area (Å²) in [6.07, 6.45) is 0.322. The summed E-state index contributed by atoms with van der Waals surface area (Å²) < 4.78 is 5.09. The standard InChI is InChI=1S/C12H16O4/c1-7(14)4-9-5-11(16-3)8(2)12(15)10(9)6-13/h5-7,14-15H,4H2,1-3H3. The number of aliphatic hydroxyl groups excluding tert-OH is 1. The third-order valence-electron chi connectivity index (χ3n) is 2.48. The molecule has 1 atom stereocenters. The fraction of sp³-hybridized carbons (Fsp3) is 0.417. The zero-order valence-corrected chi connectivity index (χ0v) is 9.65. The highest BCUT2D eigenvalue weighted by Gasteiger charge is 2.15. The Bertz CT molecular complexity index is 396. The van der Waals surface area contributed by atoms with Crippen molar-refractivity contribution in [1.29, 1.82) is 0 Å². The van der Waals surface area contributed by atoms with Gasteiger partial charge in [0.1, 0.15) is 11.5 Å². The molecule has 0 spiro atoms. The van der Waals surface area contributed by atoms with E-state index in [0.717, 1.165) is 0 Å². The first-order valence-electron chi connectivity index (χ1n) is 5.04. The van der Waals surface area contributed by atoms with Crippen molar-refractivity contribution < 1.29 is 19.7 Å². The molecule has 0 aromatic heterocycles. The maximum absolute atomic E-state index is 10.9. The summed E-state index contributed by atoms with van der Waals surface area (Å²) in [5, 5.41) is 19.1. The molecule has 0 heterocycles. The number of hydrogen-bond acceptors (Lipinski definition) is 4. The van der Waals surface area contributed by atoms with Crippen LogP contribution in [0.4, 0.5) is 0 Å². The molecule has 0 saturated carbocycles. The second kappa shape index (κ2) is 4.99. The van der Waals surface area contributed by atoms with Crippen LogP contribution in [0.15, 0.2) is 6.07 Å². The number of methoxy groups -OCH3 is 1. The molecule has 0 radical (unpaired) electrons. The summed E-state index contributed by atoms with van der Waals surface area (Å²) in [6, 6.07) is 1.67. The Morgan fingerprint density at radius 3 is 2.62 bits per heavy atom. The number of rotatable bonds is 4. The highest BCUT2D eigenvalue weighted by molar-refractivity contribution is 5.83. The largest absolute Gasteiger partial charge is 0.507 e. The van der Waals surface area contributed by atoms with Crippen molar-refractivity contribution in [3.05, 3.63) is 22.8 Å². The van der Waals surface area contributed by atoms with E-state index in [9.17, 15) is 15.0 Å². The third kappa shape index (κ3) is 2.33. The molecule has 4 nitrogen and oxygen atoms in total. The second-order valence-electron chi connectivity index (χ2n) is 3.80. The van der Waals surface area contributed by atoms with Crippen LogP contribution < -0.4 is 4.74 Å². The topological polar surface area (TPSA) is 66.8 Å². The summed E-state index contributed by atoms with van der Waals surface area (Å²) >= 11 is 0. The van der Waals surface area contributed by atoms with Crippen LogP contribution in [0.2, 0.25) is 0 Å². The Kier molecular flexibility index (Phi) is 3.90. The third-order valence-corrected chi connectivity index (χ3v) is 2.48. The number of carbonyl (C=O) groups excluding carboxylic acids is 1. The Labute approximate surface area is 94.5 Å². The van der Waals surface area contributed by atoms with Gasteiger partial charge in [-0.1, -0.05) is 0 Å². The van der Waals surface area contributed by atoms with Gasteiger partial charge >= 0.3 is 0 Å². The Morgan fingerprint density at radius 2 is 2.19 bits per heavy atom. The maximum atomic E-state index is 10.9. The van der Waals surface area contributed by atoms with Crippen LogP contribution in [-0.2, 0) is 6.42 Å². The van der Waals surface area contributed by atoms with Crippen LogP contribution in [0.1, 0.15) is 28.4 Å². The fourth-order valence-corrected chi connectivity index (χ4v) is 1.65. The molecule has 0 aliphatic rings. The van der Waals surface area contributed by atoms with Gasteiger partial charge in [0.05, 0.1) is 18.8 Å². The first-order valence-corrected chi connectivity index (χ1v) is 5.04. The van der Waals surface area contributed by atoms with Crippen LogP contribution in [0, 0.1) is 6.92 Å². The molecule has 88 valence electrons. The predicted molar refractivity (Wildman–Crippen MR) is 60.2 cm³/mol. The molecule has 2 N–H and O–H groups in total. The smallest absolute Gasteiger partial charge is 0.154 e. The zero-order valence-electron chi connectivity index (χ0n) is 9.65. The predicted octanol–water partition coefficient (Wildman–Crippen LogP) is 1.45. The average Bonchev–Trinajstić information content (AvgIpc) is 2.23. The molecular formula is C12H16O4. The molecule has 0 aliphatic heterocycles. The number of carbonyl (C=O) groups is 1. The lowest BCUT2D eigenvalue weighted by Crippen LogP contribution is -2.08. The first kappa shape index (κ1) is 12.5. The van der Waals surface area contributed by atoms with Crippen molar-refractivity contribution in [2.24, 2.45) is 0 Å². The number of aliphatic hydroxyl groups is 1. The van der Waals surface area contributed by atoms with Gasteiger partial charge in [-0.3, -0.25) is 4.79 Å². The Morgan fingerprint density at radius 1 is 1.56 bits per heavy atom. The van der Waals surface area contributed by atoms with Crippen LogP contribution in [-0.4, -0.2) is 29.7 Å². The van der Waals surface area contributed by atoms with Crippen LogP contribution in [0.25, 0.3) is 0 Å². The maximum Gasteiger partial charge on any atom is 0.154 e. The van der Waals surface area contributed by atoms with E-state index in [0.29, 0.717) is 29.6 Å². The molecule has 1 rings (SSSR count). The van der Waals surface area contributed by atoms with Crippen LogP contribution in [0.3, 0.4) is 0 Å². The lowest BCUT2D eigenvalue weighted by molar-refractivity contribution is 0.111. The van der Waals surface area contributed by atoms with E-state index in [-0.39, 0.29) is 11.3 Å². The van der Waals surface area contributed by atoms with Gasteiger partial charge in [-0.25, -0.2) is 0 Å². The number of aromatic hydroxyl groups is 1. The van der Waals surface area contributed by atoms with Crippen molar-refractivity contribution in [3.63, 3.8) is 0 Å². The van der Waals surface area contributed by atoms with E-state index in [1.807, 2.05) is 0 Å². The van der Waals surface area contributed by atoms with Gasteiger partial charge in [0.15, 0.2) is 6.29 Å². The molecule has 1 aromatic rings. The molecule has 0 bridgehead atoms. The van der Waals surface area contributed by atoms with E-state index < -0.39 is 6.10 Å². The van der Waals surface area contributed by atoms with E-state index in [4.69, 9.17) is 4.74 Å². The SMILES string of the molecule is COc1cc(CC(C)O)c(C=O)c(O)c1C. The highest BCUT2D eigenvalue weighted by atomic mass is 16.5. The summed E-state index contributed by atoms with van der Waals surface area (Å²) in [7, 11) is 1.49. The van der Waals surface area contributed by atoms with Crippen molar-refractivity contribution >= 4 is 6.29 Å². The van der Waals surface area contributed by atoms with Gasteiger partial charge in [-0.05, 0) is 31.9 Å². The molecule has 0 saturated heterocycles. The quantitative estimate of drug-likeness (QED) is 0.759. The van der Waals surface area contributed by atoms with Crippen molar-refractivity contribution in [2.45, 2.75) is 26.4 Å². The first-order chi connectivity index (χ1) is 7.51. The number of phenols is 1. The minimum absolute atomic E-state index is 0.0787. The molecule has 0 amide bonds. The molecule has 0 aliphatic carbocycles. The number of ether oxygens (including phenoxy) is 1. The number of phenolic OH excluding ortho intramolecular Hbond substituents is 1. The van der Waals surface area contributed by atoms with Crippen LogP contribution >= 0.6 is 0 Å². The molecule has 16 heavy (non-hydrogen) atoms. The van der Waals surface area contributed by atoms with Gasteiger partial charge in [0, 0.05) is 5.56 Å². The van der Waals surface area contributed by atoms with Crippen molar-refractivity contribution in [3.8, 4) is 11.5 Å². The van der Waals surface area contributed by atoms with Gasteiger partial charge in [-0.2, -0.15) is 0 Å².